The Morgan fingerprint density at radius 3 is 1.40 bits per heavy atom. The Balaban J connectivity index is 1.67. The van der Waals surface area contributed by atoms with Crippen LogP contribution in [0.5, 0.6) is 0 Å². The van der Waals surface area contributed by atoms with Crippen molar-refractivity contribution < 1.29 is 0 Å². The van der Waals surface area contributed by atoms with Gasteiger partial charge in [0.15, 0.2) is 0 Å². The maximum atomic E-state index is 5.06. The van der Waals surface area contributed by atoms with Gasteiger partial charge in [-0.15, -0.1) is 0 Å². The van der Waals surface area contributed by atoms with E-state index in [0.29, 0.717) is 0 Å². The SMILES string of the molecule is CCC1=C(CC)c2cc3nc(cncc4ccc([nH]4)c(-c4ccccc4)c4ccc(cncc1n2)[nH]4)C(CC)=C3CC. The van der Waals surface area contributed by atoms with Crippen LogP contribution in [-0.2, 0) is 0 Å². The monoisotopic (exact) mass is 552 g/mol. The van der Waals surface area contributed by atoms with Crippen molar-refractivity contribution in [3.8, 4) is 11.1 Å². The smallest absolute Gasteiger partial charge is 0.0855 e. The molecule has 8 bridgehead atoms. The molecule has 210 valence electrons. The first-order chi connectivity index (χ1) is 20.6. The molecule has 0 saturated heterocycles. The minimum atomic E-state index is 0.897. The average molecular weight is 553 g/mol. The number of nitrogens with one attached hydrogen (secondary N) is 2. The third-order valence-corrected chi connectivity index (χ3v) is 7.97. The van der Waals surface area contributed by atoms with Gasteiger partial charge in [0.25, 0.3) is 0 Å². The van der Waals surface area contributed by atoms with E-state index in [1.807, 2.05) is 30.9 Å². The molecular formula is C36H36N6. The summed E-state index contributed by atoms with van der Waals surface area (Å²) in [6.07, 6.45) is 11.1. The van der Waals surface area contributed by atoms with E-state index < -0.39 is 0 Å². The molecule has 6 nitrogen and oxygen atoms in total. The van der Waals surface area contributed by atoms with Crippen LogP contribution >= 0.6 is 0 Å². The van der Waals surface area contributed by atoms with Crippen LogP contribution in [0.4, 0.5) is 0 Å². The molecular weight excluding hydrogens is 516 g/mol. The first-order valence-corrected chi connectivity index (χ1v) is 14.9. The van der Waals surface area contributed by atoms with Crippen LogP contribution in [0.15, 0.2) is 85.5 Å². The summed E-state index contributed by atoms with van der Waals surface area (Å²) < 4.78 is 0. The van der Waals surface area contributed by atoms with Crippen LogP contribution in [0.1, 0.15) is 76.2 Å². The topological polar surface area (TPSA) is 83.1 Å². The second kappa shape index (κ2) is 12.0. The fraction of sp³-hybridized carbons (Fsp3) is 0.222. The largest absolute Gasteiger partial charge is 0.354 e. The lowest BCUT2D eigenvalue weighted by Gasteiger charge is -2.04. The zero-order valence-electron chi connectivity index (χ0n) is 24.7. The number of rotatable bonds is 5. The Labute approximate surface area is 246 Å². The third kappa shape index (κ3) is 5.16. The Morgan fingerprint density at radius 2 is 0.952 bits per heavy atom. The van der Waals surface area contributed by atoms with Gasteiger partial charge in [0.2, 0.25) is 0 Å². The van der Waals surface area contributed by atoms with Gasteiger partial charge in [-0.2, -0.15) is 0 Å². The molecule has 3 aromatic heterocycles. The van der Waals surface area contributed by atoms with E-state index in [-0.39, 0.29) is 0 Å². The summed E-state index contributed by atoms with van der Waals surface area (Å²) in [5, 5.41) is 0. The molecule has 0 amide bonds. The molecule has 0 atom stereocenters. The highest BCUT2D eigenvalue weighted by Crippen LogP contribution is 2.37. The number of aromatic amines is 2. The first kappa shape index (κ1) is 27.3. The number of hydrogen-bond donors (Lipinski definition) is 2. The molecule has 42 heavy (non-hydrogen) atoms. The lowest BCUT2D eigenvalue weighted by molar-refractivity contribution is 1.17. The van der Waals surface area contributed by atoms with Gasteiger partial charge in [0, 0.05) is 16.6 Å². The number of hydrogen-bond acceptors (Lipinski definition) is 4. The van der Waals surface area contributed by atoms with Gasteiger partial charge < -0.3 is 9.97 Å². The second-order valence-corrected chi connectivity index (χ2v) is 10.4. The van der Waals surface area contributed by atoms with Crippen LogP contribution in [-0.4, -0.2) is 29.9 Å². The third-order valence-electron chi connectivity index (χ3n) is 7.97. The summed E-state index contributed by atoms with van der Waals surface area (Å²) in [4.78, 5) is 26.7. The molecule has 0 radical (unpaired) electrons. The highest BCUT2D eigenvalue weighted by molar-refractivity contribution is 5.95. The normalized spacial score (nSPS) is 13.0. The predicted molar refractivity (Wildman–Crippen MR) is 174 cm³/mol. The molecule has 0 unspecified atom stereocenters. The van der Waals surface area contributed by atoms with Gasteiger partial charge in [0.1, 0.15) is 0 Å². The second-order valence-electron chi connectivity index (χ2n) is 10.4. The van der Waals surface area contributed by atoms with Crippen LogP contribution in [0.2, 0.25) is 0 Å². The number of benzene rings is 1. The molecule has 0 aliphatic carbocycles. The Kier molecular flexibility index (Phi) is 7.78. The molecule has 5 heterocycles. The fourth-order valence-electron chi connectivity index (χ4n) is 6.01. The van der Waals surface area contributed by atoms with Crippen molar-refractivity contribution in [3.63, 3.8) is 0 Å². The van der Waals surface area contributed by atoms with E-state index in [0.717, 1.165) is 81.7 Å². The van der Waals surface area contributed by atoms with E-state index in [1.165, 1.54) is 22.3 Å². The lowest BCUT2D eigenvalue weighted by Crippen LogP contribution is -1.86. The van der Waals surface area contributed by atoms with Gasteiger partial charge >= 0.3 is 0 Å². The van der Waals surface area contributed by atoms with E-state index in [2.05, 4.69) is 92.3 Å². The molecule has 0 fully saturated rings. The average Bonchev–Trinajstić information content (AvgIpc) is 3.80. The van der Waals surface area contributed by atoms with Crippen molar-refractivity contribution in [2.24, 2.45) is 0 Å². The van der Waals surface area contributed by atoms with Crippen LogP contribution in [0.3, 0.4) is 0 Å². The van der Waals surface area contributed by atoms with Gasteiger partial charge in [-0.05, 0) is 83.9 Å². The standard InChI is InChI=1S/C36H36N6/c1-5-26-28(7-3)34-21-37-19-24-14-16-30(39-24)36(23-12-10-9-11-13-23)31-17-15-25(40-31)20-38-22-35-29(8-4)27(6-2)33(42-35)18-32(26)41-34/h9-22,39-40H,5-8H2,1-4H3. The Bertz CT molecular complexity index is 1800. The summed E-state index contributed by atoms with van der Waals surface area (Å²) in [5.74, 6) is 0. The van der Waals surface area contributed by atoms with E-state index in [9.17, 15) is 0 Å². The van der Waals surface area contributed by atoms with E-state index in [1.54, 1.807) is 0 Å². The molecule has 2 aliphatic heterocycles. The van der Waals surface area contributed by atoms with E-state index in [4.69, 9.17) is 19.9 Å². The lowest BCUT2D eigenvalue weighted by atomic mass is 9.98. The molecule has 4 aromatic rings. The summed E-state index contributed by atoms with van der Waals surface area (Å²) >= 11 is 0. The number of nitrogens with zero attached hydrogens (tertiary/aromatic N) is 4. The molecule has 2 aliphatic rings. The van der Waals surface area contributed by atoms with Crippen molar-refractivity contribution in [1.29, 1.82) is 0 Å². The van der Waals surface area contributed by atoms with Crippen molar-refractivity contribution in [1.82, 2.24) is 29.9 Å². The number of allylic oxidation sites excluding steroid dienone is 4. The minimum Gasteiger partial charge on any atom is -0.354 e. The number of fused-ring (bicyclic) bond motifs is 8. The van der Waals surface area contributed by atoms with Crippen molar-refractivity contribution in [3.05, 3.63) is 108 Å². The molecule has 0 saturated carbocycles. The molecule has 1 aromatic carbocycles. The highest BCUT2D eigenvalue weighted by Gasteiger charge is 2.21. The van der Waals surface area contributed by atoms with Gasteiger partial charge in [0.05, 0.1) is 58.6 Å². The van der Waals surface area contributed by atoms with Gasteiger partial charge in [-0.1, -0.05) is 58.0 Å². The molecule has 6 heteroatoms. The molecule has 2 N–H and O–H groups in total. The number of H-pyrrole nitrogens is 2. The van der Waals surface area contributed by atoms with Crippen LogP contribution in [0, 0.1) is 0 Å². The van der Waals surface area contributed by atoms with Crippen LogP contribution in [0.25, 0.3) is 55.5 Å². The fourth-order valence-corrected chi connectivity index (χ4v) is 6.01. The van der Waals surface area contributed by atoms with Gasteiger partial charge in [-0.3, -0.25) is 9.97 Å². The van der Waals surface area contributed by atoms with Crippen LogP contribution < -0.4 is 0 Å². The zero-order chi connectivity index (χ0) is 29.1. The predicted octanol–water partition coefficient (Wildman–Crippen LogP) is 9.36. The molecule has 0 spiro atoms. The maximum absolute atomic E-state index is 5.06. The zero-order valence-corrected chi connectivity index (χ0v) is 24.7. The Hall–Kier alpha value is -4.84. The summed E-state index contributed by atoms with van der Waals surface area (Å²) in [6.45, 7) is 8.76. The Morgan fingerprint density at radius 1 is 0.500 bits per heavy atom. The van der Waals surface area contributed by atoms with Gasteiger partial charge in [-0.25, -0.2) is 9.97 Å². The van der Waals surface area contributed by atoms with E-state index >= 15 is 0 Å². The van der Waals surface area contributed by atoms with Crippen molar-refractivity contribution in [2.45, 2.75) is 53.4 Å². The summed E-state index contributed by atoms with van der Waals surface area (Å²) in [5.41, 5.74) is 14.9. The van der Waals surface area contributed by atoms with Crippen molar-refractivity contribution >= 4 is 44.4 Å². The summed E-state index contributed by atoms with van der Waals surface area (Å²) in [6, 6.07) is 20.9. The summed E-state index contributed by atoms with van der Waals surface area (Å²) in [7, 11) is 0. The minimum absolute atomic E-state index is 0.897. The maximum Gasteiger partial charge on any atom is 0.0855 e. The highest BCUT2D eigenvalue weighted by atomic mass is 14.8. The first-order valence-electron chi connectivity index (χ1n) is 14.9. The van der Waals surface area contributed by atoms with Crippen molar-refractivity contribution in [2.75, 3.05) is 0 Å². The molecule has 6 rings (SSSR count). The quantitative estimate of drug-likeness (QED) is 0.258. The number of aromatic nitrogens is 6.